The lowest BCUT2D eigenvalue weighted by Crippen LogP contribution is -2.61. The Labute approximate surface area is 252 Å². The molecule has 11 heteroatoms. The van der Waals surface area contributed by atoms with Gasteiger partial charge < -0.3 is 44.8 Å². The number of halogens is 1. The molecule has 3 rings (SSSR count). The van der Waals surface area contributed by atoms with Crippen LogP contribution in [0.5, 0.6) is 0 Å². The van der Waals surface area contributed by atoms with Gasteiger partial charge in [-0.2, -0.15) is 0 Å². The van der Waals surface area contributed by atoms with Crippen LogP contribution >= 0.6 is 15.9 Å². The Hall–Kier alpha value is -0.210. The van der Waals surface area contributed by atoms with Crippen molar-refractivity contribution in [2.45, 2.75) is 175 Å². The van der Waals surface area contributed by atoms with E-state index in [1.165, 1.54) is 0 Å². The second kappa shape index (κ2) is 12.3. The van der Waals surface area contributed by atoms with Gasteiger partial charge in [0.25, 0.3) is 0 Å². The Kier molecular flexibility index (Phi) is 10.6. The number of rotatable bonds is 11. The minimum atomic E-state index is -2.31. The minimum absolute atomic E-state index is 0.0790. The summed E-state index contributed by atoms with van der Waals surface area (Å²) in [6.45, 7) is 11.7. The van der Waals surface area contributed by atoms with Gasteiger partial charge in [-0.05, 0) is 99.8 Å². The molecule has 3 fully saturated rings. The van der Waals surface area contributed by atoms with Crippen molar-refractivity contribution < 1.29 is 49.6 Å². The first kappa shape index (κ1) is 35.3. The number of ketones is 1. The Bertz CT molecular complexity index is 921. The molecule has 6 N–H and O–H groups in total. The van der Waals surface area contributed by atoms with E-state index in [9.17, 15) is 35.4 Å². The molecule has 240 valence electrons. The first-order chi connectivity index (χ1) is 18.6. The summed E-state index contributed by atoms with van der Waals surface area (Å²) in [7, 11) is 0. The molecule has 0 aliphatic carbocycles. The average molecular weight is 654 g/mol. The van der Waals surface area contributed by atoms with Crippen LogP contribution in [0.4, 0.5) is 0 Å². The van der Waals surface area contributed by atoms with E-state index in [2.05, 4.69) is 15.9 Å². The molecule has 3 aliphatic rings. The van der Waals surface area contributed by atoms with Gasteiger partial charge >= 0.3 is 0 Å². The van der Waals surface area contributed by atoms with Crippen molar-refractivity contribution in [3.05, 3.63) is 0 Å². The Morgan fingerprint density at radius 3 is 2.20 bits per heavy atom. The van der Waals surface area contributed by atoms with Gasteiger partial charge in [-0.25, -0.2) is 0 Å². The van der Waals surface area contributed by atoms with Gasteiger partial charge in [-0.15, -0.1) is 0 Å². The lowest BCUT2D eigenvalue weighted by molar-refractivity contribution is -0.264. The normalized spacial score (nSPS) is 41.0. The number of aliphatic hydroxyl groups is 6. The average Bonchev–Trinajstić information content (AvgIpc) is 3.29. The van der Waals surface area contributed by atoms with Crippen LogP contribution in [0.15, 0.2) is 0 Å². The smallest absolute Gasteiger partial charge is 0.195 e. The van der Waals surface area contributed by atoms with Crippen LogP contribution in [-0.2, 0) is 19.0 Å². The maximum Gasteiger partial charge on any atom is 0.195 e. The fourth-order valence-electron chi connectivity index (χ4n) is 6.64. The summed E-state index contributed by atoms with van der Waals surface area (Å²) in [6.07, 6.45) is -1.68. The highest BCUT2D eigenvalue weighted by Crippen LogP contribution is 2.46. The quantitative estimate of drug-likeness (QED) is 0.182. The summed E-state index contributed by atoms with van der Waals surface area (Å²) in [5.74, 6) is -0.996. The lowest BCUT2D eigenvalue weighted by Gasteiger charge is -2.53. The molecule has 3 aliphatic heterocycles. The lowest BCUT2D eigenvalue weighted by atomic mass is 9.77. The second-order valence-corrected chi connectivity index (χ2v) is 15.6. The molecule has 10 nitrogen and oxygen atoms in total. The maximum absolute atomic E-state index is 13.3. The van der Waals surface area contributed by atoms with Crippen molar-refractivity contribution >= 4 is 21.7 Å². The summed E-state index contributed by atoms with van der Waals surface area (Å²) in [4.78, 5) is 13.5. The monoisotopic (exact) mass is 652 g/mol. The molecule has 41 heavy (non-hydrogen) atoms. The van der Waals surface area contributed by atoms with Gasteiger partial charge in [-0.3, -0.25) is 4.79 Å². The number of aliphatic hydroxyl groups excluding tert-OH is 3. The molecule has 10 atom stereocenters. The molecule has 0 spiro atoms. The van der Waals surface area contributed by atoms with Crippen molar-refractivity contribution in [1.82, 2.24) is 0 Å². The van der Waals surface area contributed by atoms with Gasteiger partial charge in [0.15, 0.2) is 5.78 Å². The second-order valence-electron chi connectivity index (χ2n) is 14.5. The predicted molar refractivity (Wildman–Crippen MR) is 156 cm³/mol. The van der Waals surface area contributed by atoms with Crippen LogP contribution in [0.3, 0.4) is 0 Å². The first-order valence-corrected chi connectivity index (χ1v) is 15.9. The number of carbonyl (C=O) groups is 1. The first-order valence-electron chi connectivity index (χ1n) is 14.9. The van der Waals surface area contributed by atoms with E-state index in [1.54, 1.807) is 27.7 Å². The topological polar surface area (TPSA) is 166 Å². The highest BCUT2D eigenvalue weighted by atomic mass is 79.9. The zero-order valence-electron chi connectivity index (χ0n) is 25.7. The van der Waals surface area contributed by atoms with Crippen LogP contribution in [0, 0.1) is 0 Å². The van der Waals surface area contributed by atoms with Gasteiger partial charge in [0, 0.05) is 11.2 Å². The molecule has 0 unspecified atom stereocenters. The fraction of sp³-hybridized carbons (Fsp3) is 0.967. The molecule has 3 saturated heterocycles. The fourth-order valence-corrected chi connectivity index (χ4v) is 6.97. The van der Waals surface area contributed by atoms with Gasteiger partial charge in [0.05, 0.1) is 59.0 Å². The van der Waals surface area contributed by atoms with Crippen LogP contribution in [0.25, 0.3) is 0 Å². The van der Waals surface area contributed by atoms with Gasteiger partial charge in [0.1, 0.15) is 11.7 Å². The number of ether oxygens (including phenoxy) is 3. The summed E-state index contributed by atoms with van der Waals surface area (Å²) in [5, 5.41) is 64.3. The Morgan fingerprint density at radius 1 is 1.02 bits per heavy atom. The zero-order valence-corrected chi connectivity index (χ0v) is 27.3. The molecule has 3 heterocycles. The molecule has 0 aromatic heterocycles. The predicted octanol–water partition coefficient (Wildman–Crippen LogP) is 2.29. The number of carbonyl (C=O) groups excluding carboxylic acids is 1. The Morgan fingerprint density at radius 2 is 1.66 bits per heavy atom. The van der Waals surface area contributed by atoms with Crippen LogP contribution < -0.4 is 0 Å². The van der Waals surface area contributed by atoms with Crippen LogP contribution in [0.1, 0.15) is 106 Å². The molecular weight excluding hydrogens is 600 g/mol. The van der Waals surface area contributed by atoms with E-state index in [1.807, 2.05) is 20.8 Å². The van der Waals surface area contributed by atoms with E-state index in [4.69, 9.17) is 14.2 Å². The van der Waals surface area contributed by atoms with Crippen molar-refractivity contribution in [3.8, 4) is 0 Å². The van der Waals surface area contributed by atoms with E-state index in [0.29, 0.717) is 25.7 Å². The zero-order chi connectivity index (χ0) is 31.2. The highest BCUT2D eigenvalue weighted by molar-refractivity contribution is 9.09. The number of Topliss-reactive ketones (excluding diaryl/α,β-unsaturated/α-hetero) is 1. The molecule has 0 bridgehead atoms. The van der Waals surface area contributed by atoms with Crippen molar-refractivity contribution in [2.75, 3.05) is 6.61 Å². The minimum Gasteiger partial charge on any atom is -0.393 e. The molecule has 0 amide bonds. The molecular formula is C30H53BrO10. The third kappa shape index (κ3) is 7.72. The molecule has 0 radical (unpaired) electrons. The summed E-state index contributed by atoms with van der Waals surface area (Å²) in [5.41, 5.74) is -6.76. The van der Waals surface area contributed by atoms with E-state index >= 15 is 0 Å². The van der Waals surface area contributed by atoms with E-state index < -0.39 is 70.4 Å². The van der Waals surface area contributed by atoms with Crippen molar-refractivity contribution in [1.29, 1.82) is 0 Å². The van der Waals surface area contributed by atoms with Crippen LogP contribution in [0.2, 0.25) is 0 Å². The standard InChI is InChI=1S/C30H53BrO10/c1-25(2,36)21-11-14-28(6,40-21)20(34)9-15-30(38,17-32)24(35)18(33)16-23-27(5,37)12-10-22(39-23)29(7)13-8-19(31)26(3,4)41-29/h18-23,32-34,36-38H,8-17H2,1-7H3/t18-,19-,20+,21-,22-,23-,27+,28-,29+,30-/m1/s1. The highest BCUT2D eigenvalue weighted by Gasteiger charge is 2.53. The maximum atomic E-state index is 13.3. The summed E-state index contributed by atoms with van der Waals surface area (Å²) in [6, 6.07) is 0. The van der Waals surface area contributed by atoms with Crippen molar-refractivity contribution in [3.63, 3.8) is 0 Å². The van der Waals surface area contributed by atoms with E-state index in [-0.39, 0.29) is 30.2 Å². The largest absolute Gasteiger partial charge is 0.393 e. The number of hydrogen-bond donors (Lipinski definition) is 6. The summed E-state index contributed by atoms with van der Waals surface area (Å²) < 4.78 is 18.8. The third-order valence-corrected chi connectivity index (χ3v) is 11.4. The molecule has 0 saturated carbocycles. The number of alkyl halides is 1. The molecule has 0 aromatic rings. The van der Waals surface area contributed by atoms with Gasteiger partial charge in [-0.1, -0.05) is 15.9 Å². The van der Waals surface area contributed by atoms with E-state index in [0.717, 1.165) is 12.8 Å². The number of hydrogen-bond acceptors (Lipinski definition) is 10. The SMILES string of the molecule is CC(C)(O)[C@H]1CC[C@](C)([C@@H](O)CC[C@@](O)(CO)C(=O)[C@H](O)C[C@H]2O[C@@H]([C@]3(C)CC[C@@H](Br)C(C)(C)O3)CC[C@]2(C)O)O1. The van der Waals surface area contributed by atoms with Crippen LogP contribution in [-0.4, -0.2) is 112 Å². The molecule has 0 aromatic carbocycles. The van der Waals surface area contributed by atoms with Gasteiger partial charge in [0.2, 0.25) is 0 Å². The Balaban J connectivity index is 1.65. The summed E-state index contributed by atoms with van der Waals surface area (Å²) >= 11 is 3.69. The van der Waals surface area contributed by atoms with Crippen molar-refractivity contribution in [2.24, 2.45) is 0 Å². The third-order valence-electron chi connectivity index (χ3n) is 9.86.